The highest BCUT2D eigenvalue weighted by molar-refractivity contribution is 5.13. The van der Waals surface area contributed by atoms with Crippen molar-refractivity contribution in [3.8, 4) is 0 Å². The van der Waals surface area contributed by atoms with E-state index in [0.717, 1.165) is 32.1 Å². The second-order valence-electron chi connectivity index (χ2n) is 9.72. The van der Waals surface area contributed by atoms with E-state index in [0.29, 0.717) is 24.4 Å². The highest BCUT2D eigenvalue weighted by Gasteiger charge is 2.64. The van der Waals surface area contributed by atoms with E-state index in [2.05, 4.69) is 13.8 Å². The third-order valence-electron chi connectivity index (χ3n) is 8.94. The molecule has 3 unspecified atom stereocenters. The van der Waals surface area contributed by atoms with Gasteiger partial charge in [-0.3, -0.25) is 0 Å². The predicted molar refractivity (Wildman–Crippen MR) is 91.3 cm³/mol. The van der Waals surface area contributed by atoms with Crippen molar-refractivity contribution in [2.75, 3.05) is 7.11 Å². The number of fused-ring (bicyclic) bond motifs is 5. The third-order valence-corrected chi connectivity index (χ3v) is 8.94. The molecule has 0 radical (unpaired) electrons. The largest absolute Gasteiger partial charge is 0.393 e. The lowest BCUT2D eigenvalue weighted by molar-refractivity contribution is -0.179. The average molecular weight is 338 g/mol. The molecule has 0 saturated heterocycles. The molecule has 0 aromatic heterocycles. The first-order valence-corrected chi connectivity index (χ1v) is 9.88. The number of methoxy groups -OCH3 is 1. The van der Waals surface area contributed by atoms with E-state index in [1.54, 1.807) is 0 Å². The molecule has 0 spiro atoms. The Morgan fingerprint density at radius 3 is 2.25 bits per heavy atom. The zero-order valence-corrected chi connectivity index (χ0v) is 15.3. The summed E-state index contributed by atoms with van der Waals surface area (Å²) in [6.07, 6.45) is 5.71. The van der Waals surface area contributed by atoms with Crippen molar-refractivity contribution in [3.05, 3.63) is 0 Å². The SMILES string of the molecule is CO[C@H]1CC[C@]2(C)C3CC[C@@]4(C)C(C[C@@H](O)[C@@H]4O)C3[C@@H](O)C[C@@H]2C1. The molecule has 0 bridgehead atoms. The van der Waals surface area contributed by atoms with Gasteiger partial charge < -0.3 is 20.1 Å². The van der Waals surface area contributed by atoms with Gasteiger partial charge in [0.2, 0.25) is 0 Å². The van der Waals surface area contributed by atoms with Gasteiger partial charge in [0.15, 0.2) is 0 Å². The summed E-state index contributed by atoms with van der Waals surface area (Å²) < 4.78 is 5.62. The van der Waals surface area contributed by atoms with Crippen molar-refractivity contribution in [2.24, 2.45) is 34.5 Å². The molecule has 0 aliphatic heterocycles. The predicted octanol–water partition coefficient (Wildman–Crippen LogP) is 2.35. The van der Waals surface area contributed by atoms with Crippen LogP contribution in [0.15, 0.2) is 0 Å². The Morgan fingerprint density at radius 2 is 1.54 bits per heavy atom. The van der Waals surface area contributed by atoms with Crippen LogP contribution in [0, 0.1) is 34.5 Å². The van der Waals surface area contributed by atoms with Gasteiger partial charge in [-0.15, -0.1) is 0 Å². The monoisotopic (exact) mass is 338 g/mol. The number of aliphatic hydroxyl groups is 3. The van der Waals surface area contributed by atoms with Gasteiger partial charge in [0.05, 0.1) is 24.4 Å². The summed E-state index contributed by atoms with van der Waals surface area (Å²) in [5.41, 5.74) is 0.0489. The minimum Gasteiger partial charge on any atom is -0.393 e. The van der Waals surface area contributed by atoms with Gasteiger partial charge in [-0.05, 0) is 79.4 Å². The van der Waals surface area contributed by atoms with Crippen LogP contribution in [0.4, 0.5) is 0 Å². The zero-order chi connectivity index (χ0) is 17.3. The van der Waals surface area contributed by atoms with E-state index >= 15 is 0 Å². The van der Waals surface area contributed by atoms with Gasteiger partial charge in [-0.2, -0.15) is 0 Å². The molecule has 0 heterocycles. The van der Waals surface area contributed by atoms with E-state index in [9.17, 15) is 15.3 Å². The average Bonchev–Trinajstić information content (AvgIpc) is 2.79. The number of hydrogen-bond donors (Lipinski definition) is 3. The van der Waals surface area contributed by atoms with Crippen molar-refractivity contribution < 1.29 is 20.1 Å². The number of rotatable bonds is 1. The van der Waals surface area contributed by atoms with Gasteiger partial charge in [0, 0.05) is 7.11 Å². The molecule has 0 amide bonds. The Morgan fingerprint density at radius 1 is 0.833 bits per heavy atom. The normalized spacial score (nSPS) is 60.2. The number of hydrogen-bond acceptors (Lipinski definition) is 4. The van der Waals surface area contributed by atoms with Crippen LogP contribution in [0.5, 0.6) is 0 Å². The Balaban J connectivity index is 1.65. The number of ether oxygens (including phenoxy) is 1. The molecule has 10 atom stereocenters. The molecule has 3 N–H and O–H groups in total. The molecule has 4 aliphatic rings. The maximum absolute atomic E-state index is 11.0. The maximum Gasteiger partial charge on any atom is 0.0855 e. The van der Waals surface area contributed by atoms with Crippen molar-refractivity contribution in [3.63, 3.8) is 0 Å². The van der Waals surface area contributed by atoms with Crippen LogP contribution in [0.1, 0.15) is 58.8 Å². The Hall–Kier alpha value is -0.160. The lowest BCUT2D eigenvalue weighted by Crippen LogP contribution is -2.59. The van der Waals surface area contributed by atoms with Crippen LogP contribution >= 0.6 is 0 Å². The van der Waals surface area contributed by atoms with Crippen LogP contribution in [0.2, 0.25) is 0 Å². The fourth-order valence-corrected chi connectivity index (χ4v) is 7.39. The zero-order valence-electron chi connectivity index (χ0n) is 15.3. The molecule has 4 nitrogen and oxygen atoms in total. The van der Waals surface area contributed by atoms with Crippen LogP contribution in [-0.2, 0) is 4.74 Å². The van der Waals surface area contributed by atoms with Gasteiger partial charge in [-0.25, -0.2) is 0 Å². The molecular weight excluding hydrogens is 304 g/mol. The van der Waals surface area contributed by atoms with Crippen LogP contribution in [-0.4, -0.2) is 46.8 Å². The molecule has 24 heavy (non-hydrogen) atoms. The molecule has 4 heteroatoms. The standard InChI is InChI=1S/C20H34O4/c1-19-6-4-12(24-3)8-11(19)9-15(21)17-13(19)5-7-20(2)14(17)10-16(22)18(20)23/h11-18,21-23H,4-10H2,1-3H3/t11-,12-,13?,14?,15-,16+,17?,18-,19-,20-/m0/s1. The Labute approximate surface area is 145 Å². The fourth-order valence-electron chi connectivity index (χ4n) is 7.39. The summed E-state index contributed by atoms with van der Waals surface area (Å²) in [6, 6.07) is 0. The molecule has 4 fully saturated rings. The van der Waals surface area contributed by atoms with Gasteiger partial charge >= 0.3 is 0 Å². The van der Waals surface area contributed by atoms with E-state index in [1.807, 2.05) is 7.11 Å². The molecule has 0 aromatic carbocycles. The third kappa shape index (κ3) is 2.19. The van der Waals surface area contributed by atoms with Gasteiger partial charge in [0.25, 0.3) is 0 Å². The van der Waals surface area contributed by atoms with Crippen LogP contribution in [0.3, 0.4) is 0 Å². The summed E-state index contributed by atoms with van der Waals surface area (Å²) in [6.45, 7) is 4.58. The summed E-state index contributed by atoms with van der Waals surface area (Å²) in [7, 11) is 1.81. The van der Waals surface area contributed by atoms with E-state index < -0.39 is 12.2 Å². The van der Waals surface area contributed by atoms with E-state index in [1.165, 1.54) is 6.42 Å². The topological polar surface area (TPSA) is 69.9 Å². The second kappa shape index (κ2) is 5.67. The smallest absolute Gasteiger partial charge is 0.0855 e. The fraction of sp³-hybridized carbons (Fsp3) is 1.00. The maximum atomic E-state index is 11.0. The lowest BCUT2D eigenvalue weighted by atomic mass is 9.44. The minimum absolute atomic E-state index is 0.228. The highest BCUT2D eigenvalue weighted by atomic mass is 16.5. The quantitative estimate of drug-likeness (QED) is 0.686. The molecular formula is C20H34O4. The van der Waals surface area contributed by atoms with Crippen molar-refractivity contribution in [1.82, 2.24) is 0 Å². The first kappa shape index (κ1) is 17.3. The number of aliphatic hydroxyl groups excluding tert-OH is 3. The molecule has 4 aliphatic carbocycles. The van der Waals surface area contributed by atoms with E-state index in [-0.39, 0.29) is 28.8 Å². The van der Waals surface area contributed by atoms with Crippen molar-refractivity contribution in [1.29, 1.82) is 0 Å². The van der Waals surface area contributed by atoms with Gasteiger partial charge in [0.1, 0.15) is 0 Å². The van der Waals surface area contributed by atoms with Crippen molar-refractivity contribution >= 4 is 0 Å². The minimum atomic E-state index is -0.634. The summed E-state index contributed by atoms with van der Waals surface area (Å²) in [5.74, 6) is 1.53. The summed E-state index contributed by atoms with van der Waals surface area (Å²) in [4.78, 5) is 0. The van der Waals surface area contributed by atoms with Crippen molar-refractivity contribution in [2.45, 2.75) is 83.2 Å². The first-order chi connectivity index (χ1) is 11.3. The second-order valence-corrected chi connectivity index (χ2v) is 9.72. The summed E-state index contributed by atoms with van der Waals surface area (Å²) >= 11 is 0. The molecule has 4 rings (SSSR count). The molecule has 138 valence electrons. The first-order valence-electron chi connectivity index (χ1n) is 9.88. The molecule has 4 saturated carbocycles. The Bertz CT molecular complexity index is 496. The van der Waals surface area contributed by atoms with Gasteiger partial charge in [-0.1, -0.05) is 13.8 Å². The van der Waals surface area contributed by atoms with Crippen LogP contribution in [0.25, 0.3) is 0 Å². The van der Waals surface area contributed by atoms with E-state index in [4.69, 9.17) is 4.74 Å². The Kier molecular flexibility index (Phi) is 4.08. The lowest BCUT2D eigenvalue weighted by Gasteiger charge is -2.62. The van der Waals surface area contributed by atoms with Crippen LogP contribution < -0.4 is 0 Å². The highest BCUT2D eigenvalue weighted by Crippen LogP contribution is 2.66. The summed E-state index contributed by atoms with van der Waals surface area (Å²) in [5, 5.41) is 31.9. The molecule has 0 aromatic rings.